The maximum atomic E-state index is 11.5. The van der Waals surface area contributed by atoms with Crippen LogP contribution in [0, 0.1) is 5.92 Å². The fourth-order valence-corrected chi connectivity index (χ4v) is 2.09. The van der Waals surface area contributed by atoms with Gasteiger partial charge >= 0.3 is 0 Å². The fourth-order valence-electron chi connectivity index (χ4n) is 2.09. The molecule has 2 atom stereocenters. The highest BCUT2D eigenvalue weighted by Gasteiger charge is 2.43. The summed E-state index contributed by atoms with van der Waals surface area (Å²) in [5.74, 6) is -1.59. The minimum Gasteiger partial charge on any atom is -0.515 e. The number of ketones is 1. The van der Waals surface area contributed by atoms with Gasteiger partial charge in [0.15, 0.2) is 5.78 Å². The van der Waals surface area contributed by atoms with Crippen molar-refractivity contribution in [3.05, 3.63) is 59.9 Å². The molecule has 0 saturated heterocycles. The van der Waals surface area contributed by atoms with Crippen molar-refractivity contribution < 1.29 is 19.8 Å². The predicted octanol–water partition coefficient (Wildman–Crippen LogP) is 1.27. The van der Waals surface area contributed by atoms with Crippen molar-refractivity contribution in [2.24, 2.45) is 5.92 Å². The van der Waals surface area contributed by atoms with Gasteiger partial charge in [0, 0.05) is 5.57 Å². The van der Waals surface area contributed by atoms with E-state index >= 15 is 0 Å². The monoisotopic (exact) mass is 244 g/mol. The predicted molar refractivity (Wildman–Crippen MR) is 64.8 cm³/mol. The minimum absolute atomic E-state index is 0.112. The highest BCUT2D eigenvalue weighted by Crippen LogP contribution is 2.38. The third-order valence-corrected chi connectivity index (χ3v) is 3.09. The van der Waals surface area contributed by atoms with Crippen LogP contribution in [0.3, 0.4) is 0 Å². The van der Waals surface area contributed by atoms with Gasteiger partial charge in [-0.2, -0.15) is 0 Å². The molecule has 18 heavy (non-hydrogen) atoms. The molecular weight excluding hydrogens is 232 g/mol. The van der Waals surface area contributed by atoms with Crippen molar-refractivity contribution in [1.29, 1.82) is 0 Å². The summed E-state index contributed by atoms with van der Waals surface area (Å²) in [6.07, 6.45) is 3.50. The lowest BCUT2D eigenvalue weighted by molar-refractivity contribution is -0.121. The zero-order valence-electron chi connectivity index (χ0n) is 9.48. The first-order chi connectivity index (χ1) is 8.63. The number of aldehydes is 1. The molecule has 1 aliphatic rings. The van der Waals surface area contributed by atoms with Gasteiger partial charge in [-0.25, -0.2) is 0 Å². The number of aliphatic hydroxyl groups is 2. The van der Waals surface area contributed by atoms with Gasteiger partial charge in [-0.3, -0.25) is 4.79 Å². The van der Waals surface area contributed by atoms with E-state index in [1.807, 2.05) is 0 Å². The van der Waals surface area contributed by atoms with Crippen molar-refractivity contribution in [2.45, 2.75) is 5.60 Å². The summed E-state index contributed by atoms with van der Waals surface area (Å²) < 4.78 is 0. The van der Waals surface area contributed by atoms with E-state index in [9.17, 15) is 14.7 Å². The van der Waals surface area contributed by atoms with Gasteiger partial charge in [-0.05, 0) is 17.7 Å². The van der Waals surface area contributed by atoms with Crippen molar-refractivity contribution >= 4 is 12.1 Å². The van der Waals surface area contributed by atoms with Gasteiger partial charge in [0.1, 0.15) is 11.9 Å². The van der Waals surface area contributed by atoms with Crippen molar-refractivity contribution in [3.63, 3.8) is 0 Å². The molecule has 0 spiro atoms. The zero-order chi connectivity index (χ0) is 13.2. The van der Waals surface area contributed by atoms with E-state index in [1.165, 1.54) is 6.08 Å². The molecule has 0 bridgehead atoms. The molecule has 0 aliphatic heterocycles. The number of carbonyl (C=O) groups is 2. The van der Waals surface area contributed by atoms with Gasteiger partial charge in [-0.15, -0.1) is 0 Å². The molecule has 2 N–H and O–H groups in total. The summed E-state index contributed by atoms with van der Waals surface area (Å²) in [6, 6.07) is 8.55. The molecule has 92 valence electrons. The van der Waals surface area contributed by atoms with Gasteiger partial charge < -0.3 is 15.0 Å². The summed E-state index contributed by atoms with van der Waals surface area (Å²) >= 11 is 0. The summed E-state index contributed by atoms with van der Waals surface area (Å²) in [6.45, 7) is 0. The molecule has 4 heteroatoms. The fraction of sp³-hybridized carbons (Fsp3) is 0.143. The standard InChI is InChI=1S/C14H12O4/c15-8-11-12(9-16)14(18,7-6-13(11)17)10-4-2-1-3-5-10/h1-9,12,15,18H. The second kappa shape index (κ2) is 4.58. The Balaban J connectivity index is 2.59. The van der Waals surface area contributed by atoms with Gasteiger partial charge in [-0.1, -0.05) is 30.3 Å². The lowest BCUT2D eigenvalue weighted by Crippen LogP contribution is -2.40. The minimum atomic E-state index is -1.61. The summed E-state index contributed by atoms with van der Waals surface area (Å²) in [7, 11) is 0. The van der Waals surface area contributed by atoms with Crippen LogP contribution in [0.4, 0.5) is 0 Å². The Bertz CT molecular complexity index is 530. The number of hydrogen-bond acceptors (Lipinski definition) is 4. The van der Waals surface area contributed by atoms with Gasteiger partial charge in [0.05, 0.1) is 12.2 Å². The third kappa shape index (κ3) is 1.76. The number of aliphatic hydroxyl groups excluding tert-OH is 1. The molecule has 0 fully saturated rings. The maximum absolute atomic E-state index is 11.5. The van der Waals surface area contributed by atoms with Crippen molar-refractivity contribution in [3.8, 4) is 0 Å². The van der Waals surface area contributed by atoms with E-state index in [1.54, 1.807) is 30.3 Å². The van der Waals surface area contributed by atoms with Crippen LogP contribution in [0.1, 0.15) is 5.56 Å². The molecule has 0 aromatic heterocycles. The molecule has 1 aliphatic carbocycles. The molecule has 1 aromatic rings. The molecule has 0 radical (unpaired) electrons. The Hall–Kier alpha value is -2.20. The summed E-state index contributed by atoms with van der Waals surface area (Å²) in [5, 5.41) is 19.7. The number of carbonyl (C=O) groups excluding carboxylic acids is 2. The number of allylic oxidation sites excluding steroid dienone is 1. The van der Waals surface area contributed by atoms with E-state index in [0.29, 0.717) is 18.1 Å². The van der Waals surface area contributed by atoms with E-state index < -0.39 is 17.3 Å². The van der Waals surface area contributed by atoms with Crippen LogP contribution in [0.25, 0.3) is 0 Å². The summed E-state index contributed by atoms with van der Waals surface area (Å²) in [5.41, 5.74) is -1.23. The molecule has 2 unspecified atom stereocenters. The first kappa shape index (κ1) is 12.3. The first-order valence-corrected chi connectivity index (χ1v) is 5.44. The second-order valence-electron chi connectivity index (χ2n) is 4.09. The molecule has 0 amide bonds. The Morgan fingerprint density at radius 3 is 2.44 bits per heavy atom. The van der Waals surface area contributed by atoms with Crippen LogP contribution in [-0.4, -0.2) is 22.3 Å². The summed E-state index contributed by atoms with van der Waals surface area (Å²) in [4.78, 5) is 22.7. The van der Waals surface area contributed by atoms with E-state index in [0.717, 1.165) is 6.08 Å². The van der Waals surface area contributed by atoms with Crippen molar-refractivity contribution in [2.75, 3.05) is 0 Å². The second-order valence-corrected chi connectivity index (χ2v) is 4.09. The largest absolute Gasteiger partial charge is 0.515 e. The lowest BCUT2D eigenvalue weighted by atomic mass is 9.73. The number of benzene rings is 1. The normalized spacial score (nSPS) is 29.5. The van der Waals surface area contributed by atoms with Crippen LogP contribution < -0.4 is 0 Å². The van der Waals surface area contributed by atoms with Crippen LogP contribution >= 0.6 is 0 Å². The van der Waals surface area contributed by atoms with Crippen LogP contribution in [0.15, 0.2) is 54.3 Å². The molecular formula is C14H12O4. The van der Waals surface area contributed by atoms with E-state index in [4.69, 9.17) is 5.11 Å². The SMILES string of the molecule is O=CC1C(=CO)C(=O)C=CC1(O)c1ccccc1. The average molecular weight is 244 g/mol. The molecule has 4 nitrogen and oxygen atoms in total. The average Bonchev–Trinajstić information content (AvgIpc) is 2.42. The highest BCUT2D eigenvalue weighted by molar-refractivity contribution is 6.08. The quantitative estimate of drug-likeness (QED) is 0.466. The topological polar surface area (TPSA) is 74.6 Å². The number of rotatable bonds is 2. The highest BCUT2D eigenvalue weighted by atomic mass is 16.3. The van der Waals surface area contributed by atoms with Crippen molar-refractivity contribution in [1.82, 2.24) is 0 Å². The Labute approximate surface area is 104 Å². The third-order valence-electron chi connectivity index (χ3n) is 3.09. The Morgan fingerprint density at radius 2 is 1.89 bits per heavy atom. The Kier molecular flexibility index (Phi) is 3.12. The zero-order valence-corrected chi connectivity index (χ0v) is 9.48. The van der Waals surface area contributed by atoms with Gasteiger partial charge in [0.2, 0.25) is 0 Å². The molecule has 0 saturated carbocycles. The van der Waals surface area contributed by atoms with Crippen LogP contribution in [-0.2, 0) is 15.2 Å². The lowest BCUT2D eigenvalue weighted by Gasteiger charge is -2.34. The molecule has 0 heterocycles. The van der Waals surface area contributed by atoms with E-state index in [-0.39, 0.29) is 5.57 Å². The Morgan fingerprint density at radius 1 is 1.22 bits per heavy atom. The first-order valence-electron chi connectivity index (χ1n) is 5.44. The van der Waals surface area contributed by atoms with Crippen LogP contribution in [0.5, 0.6) is 0 Å². The number of hydrogen-bond donors (Lipinski definition) is 2. The molecule has 1 aromatic carbocycles. The van der Waals surface area contributed by atoms with Crippen LogP contribution in [0.2, 0.25) is 0 Å². The molecule has 2 rings (SSSR count). The smallest absolute Gasteiger partial charge is 0.185 e. The maximum Gasteiger partial charge on any atom is 0.185 e. The van der Waals surface area contributed by atoms with E-state index in [2.05, 4.69) is 0 Å². The van der Waals surface area contributed by atoms with Gasteiger partial charge in [0.25, 0.3) is 0 Å².